The molecule has 0 spiro atoms. The van der Waals surface area contributed by atoms with E-state index in [0.717, 1.165) is 24.8 Å². The molecule has 1 nitrogen and oxygen atoms in total. The molecule has 0 fully saturated rings. The first kappa shape index (κ1) is 13.0. The van der Waals surface area contributed by atoms with Gasteiger partial charge in [-0.15, -0.1) is 0 Å². The second kappa shape index (κ2) is 5.29. The number of ketones is 1. The van der Waals surface area contributed by atoms with E-state index in [0.29, 0.717) is 5.78 Å². The summed E-state index contributed by atoms with van der Waals surface area (Å²) in [6.45, 7) is 8.37. The summed E-state index contributed by atoms with van der Waals surface area (Å²) in [5.74, 6) is 0.306. The maximum Gasteiger partial charge on any atom is 0.168 e. The van der Waals surface area contributed by atoms with E-state index in [4.69, 9.17) is 0 Å². The van der Waals surface area contributed by atoms with Gasteiger partial charge in [0.15, 0.2) is 5.78 Å². The zero-order chi connectivity index (χ0) is 12.2. The van der Waals surface area contributed by atoms with Crippen molar-refractivity contribution < 1.29 is 4.79 Å². The average molecular weight is 218 g/mol. The maximum absolute atomic E-state index is 12.5. The third-order valence-electron chi connectivity index (χ3n) is 3.83. The number of hydrogen-bond donors (Lipinski definition) is 0. The van der Waals surface area contributed by atoms with Crippen LogP contribution in [0.2, 0.25) is 0 Å². The topological polar surface area (TPSA) is 17.1 Å². The lowest BCUT2D eigenvalue weighted by Gasteiger charge is -2.28. The van der Waals surface area contributed by atoms with Crippen LogP contribution in [-0.4, -0.2) is 5.78 Å². The highest BCUT2D eigenvalue weighted by molar-refractivity contribution is 6.00. The number of carbonyl (C=O) groups is 1. The van der Waals surface area contributed by atoms with Gasteiger partial charge in [-0.2, -0.15) is 0 Å². The Morgan fingerprint density at radius 2 is 1.44 bits per heavy atom. The van der Waals surface area contributed by atoms with Crippen molar-refractivity contribution in [3.8, 4) is 0 Å². The molecule has 0 radical (unpaired) electrons. The smallest absolute Gasteiger partial charge is 0.168 e. The second-order valence-electron chi connectivity index (χ2n) is 4.54. The highest BCUT2D eigenvalue weighted by atomic mass is 16.1. The van der Waals surface area contributed by atoms with Gasteiger partial charge in [-0.3, -0.25) is 4.79 Å². The number of Topliss-reactive ketones (excluding diaryl/α,β-unsaturated/α-hetero) is 1. The molecule has 0 aliphatic heterocycles. The number of rotatable bonds is 5. The van der Waals surface area contributed by atoms with Gasteiger partial charge in [0.05, 0.1) is 0 Å². The fourth-order valence-corrected chi connectivity index (χ4v) is 2.24. The Bertz CT molecular complexity index is 336. The molecule has 1 rings (SSSR count). The van der Waals surface area contributed by atoms with Crippen molar-refractivity contribution in [1.29, 1.82) is 0 Å². The fourth-order valence-electron chi connectivity index (χ4n) is 2.24. The minimum atomic E-state index is -0.157. The lowest BCUT2D eigenvalue weighted by Crippen LogP contribution is -2.29. The van der Waals surface area contributed by atoms with Gasteiger partial charge in [0.2, 0.25) is 0 Å². The molecule has 0 bridgehead atoms. The highest BCUT2D eigenvalue weighted by Crippen LogP contribution is 2.34. The third-order valence-corrected chi connectivity index (χ3v) is 3.83. The summed E-state index contributed by atoms with van der Waals surface area (Å²) in [4.78, 5) is 12.5. The monoisotopic (exact) mass is 218 g/mol. The van der Waals surface area contributed by atoms with Crippen LogP contribution in [0, 0.1) is 12.3 Å². The van der Waals surface area contributed by atoms with E-state index in [9.17, 15) is 4.79 Å². The Kier molecular flexibility index (Phi) is 4.28. The van der Waals surface area contributed by atoms with Crippen LogP contribution in [0.15, 0.2) is 24.3 Å². The van der Waals surface area contributed by atoms with E-state index in [-0.39, 0.29) is 5.41 Å². The van der Waals surface area contributed by atoms with Crippen LogP contribution >= 0.6 is 0 Å². The number of carbonyl (C=O) groups excluding carboxylic acids is 1. The Labute approximate surface area is 98.9 Å². The first-order valence-electron chi connectivity index (χ1n) is 6.21. The molecule has 0 aromatic heterocycles. The zero-order valence-corrected chi connectivity index (χ0v) is 10.8. The average Bonchev–Trinajstić information content (AvgIpc) is 2.33. The summed E-state index contributed by atoms with van der Waals surface area (Å²) in [5, 5.41) is 0. The molecule has 1 aromatic carbocycles. The van der Waals surface area contributed by atoms with Crippen molar-refractivity contribution >= 4 is 5.78 Å². The lowest BCUT2D eigenvalue weighted by atomic mass is 9.74. The molecule has 0 saturated carbocycles. The zero-order valence-electron chi connectivity index (χ0n) is 10.8. The van der Waals surface area contributed by atoms with Crippen molar-refractivity contribution in [1.82, 2.24) is 0 Å². The lowest BCUT2D eigenvalue weighted by molar-refractivity contribution is 0.0766. The summed E-state index contributed by atoms with van der Waals surface area (Å²) >= 11 is 0. The molecule has 0 unspecified atom stereocenters. The van der Waals surface area contributed by atoms with Gasteiger partial charge in [-0.1, -0.05) is 50.6 Å². The molecule has 88 valence electrons. The predicted molar refractivity (Wildman–Crippen MR) is 68.8 cm³/mol. The molecular weight excluding hydrogens is 196 g/mol. The molecule has 0 saturated heterocycles. The van der Waals surface area contributed by atoms with Crippen LogP contribution < -0.4 is 0 Å². The van der Waals surface area contributed by atoms with E-state index in [1.165, 1.54) is 5.56 Å². The number of benzene rings is 1. The summed E-state index contributed by atoms with van der Waals surface area (Å²) in [7, 11) is 0. The van der Waals surface area contributed by atoms with E-state index in [2.05, 4.69) is 20.8 Å². The standard InChI is InChI=1S/C15H22O/c1-5-15(6-2,7-3)14(16)13-10-8-12(4)9-11-13/h8-11H,5-7H2,1-4H3. The molecular formula is C15H22O. The van der Waals surface area contributed by atoms with Crippen molar-refractivity contribution in [2.45, 2.75) is 47.0 Å². The normalized spacial score (nSPS) is 11.5. The van der Waals surface area contributed by atoms with E-state index in [1.54, 1.807) is 0 Å². The molecule has 0 heterocycles. The van der Waals surface area contributed by atoms with Crippen molar-refractivity contribution in [3.63, 3.8) is 0 Å². The number of aryl methyl sites for hydroxylation is 1. The first-order valence-corrected chi connectivity index (χ1v) is 6.21. The van der Waals surface area contributed by atoms with Gasteiger partial charge < -0.3 is 0 Å². The predicted octanol–water partition coefficient (Wildman–Crippen LogP) is 4.39. The molecule has 0 N–H and O–H groups in total. The van der Waals surface area contributed by atoms with Crippen LogP contribution in [0.1, 0.15) is 56.0 Å². The minimum Gasteiger partial charge on any atom is -0.294 e. The molecule has 0 atom stereocenters. The Balaban J connectivity index is 3.04. The van der Waals surface area contributed by atoms with Gasteiger partial charge >= 0.3 is 0 Å². The summed E-state index contributed by atoms with van der Waals surface area (Å²) in [6.07, 6.45) is 2.77. The Hall–Kier alpha value is -1.11. The van der Waals surface area contributed by atoms with Crippen molar-refractivity contribution in [3.05, 3.63) is 35.4 Å². The molecule has 1 aromatic rings. The Morgan fingerprint density at radius 3 is 1.81 bits per heavy atom. The van der Waals surface area contributed by atoms with E-state index >= 15 is 0 Å². The van der Waals surface area contributed by atoms with Crippen LogP contribution in [0.4, 0.5) is 0 Å². The van der Waals surface area contributed by atoms with Crippen LogP contribution in [-0.2, 0) is 0 Å². The van der Waals surface area contributed by atoms with Gasteiger partial charge in [0.25, 0.3) is 0 Å². The van der Waals surface area contributed by atoms with Gasteiger partial charge in [-0.05, 0) is 26.2 Å². The SMILES string of the molecule is CCC(CC)(CC)C(=O)c1ccc(C)cc1. The third kappa shape index (κ3) is 2.34. The van der Waals surface area contributed by atoms with Crippen molar-refractivity contribution in [2.75, 3.05) is 0 Å². The largest absolute Gasteiger partial charge is 0.294 e. The molecule has 1 heteroatoms. The van der Waals surface area contributed by atoms with Gasteiger partial charge in [0.1, 0.15) is 0 Å². The first-order chi connectivity index (χ1) is 7.59. The molecule has 16 heavy (non-hydrogen) atoms. The highest BCUT2D eigenvalue weighted by Gasteiger charge is 2.33. The van der Waals surface area contributed by atoms with Gasteiger partial charge in [-0.25, -0.2) is 0 Å². The van der Waals surface area contributed by atoms with Crippen molar-refractivity contribution in [2.24, 2.45) is 5.41 Å². The quantitative estimate of drug-likeness (QED) is 0.670. The molecule has 0 aliphatic carbocycles. The fraction of sp³-hybridized carbons (Fsp3) is 0.533. The van der Waals surface area contributed by atoms with Crippen LogP contribution in [0.3, 0.4) is 0 Å². The summed E-state index contributed by atoms with van der Waals surface area (Å²) < 4.78 is 0. The summed E-state index contributed by atoms with van der Waals surface area (Å²) in [5.41, 5.74) is 1.90. The second-order valence-corrected chi connectivity index (χ2v) is 4.54. The van der Waals surface area contributed by atoms with E-state index < -0.39 is 0 Å². The maximum atomic E-state index is 12.5. The number of hydrogen-bond acceptors (Lipinski definition) is 1. The molecule has 0 amide bonds. The van der Waals surface area contributed by atoms with Crippen LogP contribution in [0.25, 0.3) is 0 Å². The molecule has 0 aliphatic rings. The summed E-state index contributed by atoms with van der Waals surface area (Å²) in [6, 6.07) is 7.93. The van der Waals surface area contributed by atoms with Gasteiger partial charge in [0, 0.05) is 11.0 Å². The minimum absolute atomic E-state index is 0.157. The van der Waals surface area contributed by atoms with Crippen LogP contribution in [0.5, 0.6) is 0 Å². The van der Waals surface area contributed by atoms with E-state index in [1.807, 2.05) is 31.2 Å². The Morgan fingerprint density at radius 1 is 1.00 bits per heavy atom.